The highest BCUT2D eigenvalue weighted by Crippen LogP contribution is 2.51. The summed E-state index contributed by atoms with van der Waals surface area (Å²) in [4.78, 5) is 0. The second-order valence-corrected chi connectivity index (χ2v) is 11.0. The highest BCUT2D eigenvalue weighted by Gasteiger charge is 2.23. The third-order valence-electron chi connectivity index (χ3n) is 8.70. The molecule has 200 valence electrons. The first-order chi connectivity index (χ1) is 22.2. The molecule has 0 spiro atoms. The fourth-order valence-corrected chi connectivity index (χ4v) is 6.81. The molecule has 0 aliphatic carbocycles. The molecule has 8 aromatic carbocycles. The smallest absolute Gasteiger partial charge is 0.135 e. The van der Waals surface area contributed by atoms with Crippen molar-refractivity contribution in [3.05, 3.63) is 158 Å². The molecule has 0 saturated carbocycles. The van der Waals surface area contributed by atoms with Crippen molar-refractivity contribution in [3.8, 4) is 56.0 Å². The minimum absolute atomic E-state index is 0.462. The maximum Gasteiger partial charge on any atom is 0.135 e. The van der Waals surface area contributed by atoms with Gasteiger partial charge in [-0.3, -0.25) is 0 Å². The number of benzene rings is 8. The van der Waals surface area contributed by atoms with Crippen LogP contribution < -0.4 is 4.74 Å². The first-order valence-corrected chi connectivity index (χ1v) is 14.6. The average Bonchev–Trinajstić information content (AvgIpc) is 3.09. The molecule has 0 aromatic heterocycles. The molecule has 0 radical (unpaired) electrons. The van der Waals surface area contributed by atoms with E-state index in [1.165, 1.54) is 0 Å². The van der Waals surface area contributed by atoms with Crippen molar-refractivity contribution < 1.29 is 7.48 Å². The minimum Gasteiger partial charge on any atom is -0.456 e. The van der Waals surface area contributed by atoms with Gasteiger partial charge in [-0.05, 0) is 84.1 Å². The summed E-state index contributed by atoms with van der Waals surface area (Å²) in [6.07, 6.45) is 0. The fraction of sp³-hybridized carbons (Fsp3) is 0. The van der Waals surface area contributed by atoms with E-state index in [1.807, 2.05) is 48.5 Å². The van der Waals surface area contributed by atoms with Gasteiger partial charge < -0.3 is 4.74 Å². The van der Waals surface area contributed by atoms with E-state index in [0.717, 1.165) is 88.3 Å². The molecule has 1 heteroatoms. The average molecular weight is 549 g/mol. The van der Waals surface area contributed by atoms with Crippen LogP contribution in [0.5, 0.6) is 11.5 Å². The second kappa shape index (κ2) is 9.44. The van der Waals surface area contributed by atoms with E-state index >= 15 is 0 Å². The standard InChI is InChI=1S/C42H26O/c1-2-11-27(12-3-1)28-21-23-29(24-22-28)40-32-14-4-6-16-34(32)41(35-17-7-5-15-33(35)40)37-25-26-39-42-31(18-10-19-36(37)42)30-13-8-9-20-38(30)43-39/h1-26H/i14D,17D. The zero-order valence-corrected chi connectivity index (χ0v) is 23.3. The van der Waals surface area contributed by atoms with Crippen LogP contribution in [0.4, 0.5) is 0 Å². The molecule has 0 N–H and O–H groups in total. The monoisotopic (exact) mass is 548 g/mol. The van der Waals surface area contributed by atoms with Crippen LogP contribution in [0.1, 0.15) is 2.74 Å². The fourth-order valence-electron chi connectivity index (χ4n) is 6.81. The molecule has 0 amide bonds. The quantitative estimate of drug-likeness (QED) is 0.200. The predicted molar refractivity (Wildman–Crippen MR) is 181 cm³/mol. The Kier molecular flexibility index (Phi) is 4.83. The number of hydrogen-bond acceptors (Lipinski definition) is 1. The summed E-state index contributed by atoms with van der Waals surface area (Å²) in [5.74, 6) is 1.69. The highest BCUT2D eigenvalue weighted by molar-refractivity contribution is 6.24. The maximum absolute atomic E-state index is 9.25. The lowest BCUT2D eigenvalue weighted by molar-refractivity contribution is 0.487. The Hall–Kier alpha value is -5.66. The molecular formula is C42H26O. The van der Waals surface area contributed by atoms with E-state index in [2.05, 4.69) is 97.1 Å². The lowest BCUT2D eigenvalue weighted by atomic mass is 9.83. The van der Waals surface area contributed by atoms with Gasteiger partial charge >= 0.3 is 0 Å². The maximum atomic E-state index is 9.25. The summed E-state index contributed by atoms with van der Waals surface area (Å²) < 4.78 is 24.9. The number of para-hydroxylation sites is 1. The Bertz CT molecular complexity index is 2460. The zero-order chi connectivity index (χ0) is 30.1. The second-order valence-electron chi connectivity index (χ2n) is 11.0. The normalized spacial score (nSPS) is 12.6. The van der Waals surface area contributed by atoms with Gasteiger partial charge in [-0.25, -0.2) is 0 Å². The van der Waals surface area contributed by atoms with Crippen molar-refractivity contribution in [1.82, 2.24) is 0 Å². The molecule has 9 rings (SSSR count). The molecule has 43 heavy (non-hydrogen) atoms. The van der Waals surface area contributed by atoms with Gasteiger partial charge in [0.2, 0.25) is 0 Å². The van der Waals surface area contributed by atoms with E-state index in [-0.39, 0.29) is 0 Å². The van der Waals surface area contributed by atoms with Gasteiger partial charge in [0.1, 0.15) is 11.5 Å². The molecule has 0 saturated heterocycles. The Morgan fingerprint density at radius 1 is 0.349 bits per heavy atom. The summed E-state index contributed by atoms with van der Waals surface area (Å²) in [7, 11) is 0. The molecule has 1 aliphatic rings. The number of rotatable bonds is 3. The summed E-state index contributed by atoms with van der Waals surface area (Å²) in [5, 5.41) is 5.85. The number of hydrogen-bond donors (Lipinski definition) is 0. The Morgan fingerprint density at radius 3 is 1.77 bits per heavy atom. The lowest BCUT2D eigenvalue weighted by Gasteiger charge is -2.24. The lowest BCUT2D eigenvalue weighted by Crippen LogP contribution is -1.98. The Balaban J connectivity index is 1.37. The van der Waals surface area contributed by atoms with Crippen LogP contribution >= 0.6 is 0 Å². The van der Waals surface area contributed by atoms with Crippen LogP contribution in [0.15, 0.2) is 158 Å². The van der Waals surface area contributed by atoms with Gasteiger partial charge in [0, 0.05) is 10.9 Å². The topological polar surface area (TPSA) is 9.23 Å². The summed E-state index contributed by atoms with van der Waals surface area (Å²) in [5.41, 5.74) is 8.56. The largest absolute Gasteiger partial charge is 0.456 e. The SMILES string of the molecule is [2H]c1cccc2c(-c3ccc4c5c(cccc35)-c3ccccc3O4)c3c([2H])cccc3c(-c3ccc(-c4ccccc4)cc3)c12. The minimum atomic E-state index is 0.462. The first-order valence-electron chi connectivity index (χ1n) is 15.6. The zero-order valence-electron chi connectivity index (χ0n) is 25.3. The van der Waals surface area contributed by atoms with Crippen LogP contribution in [0.3, 0.4) is 0 Å². The van der Waals surface area contributed by atoms with Gasteiger partial charge in [0.05, 0.1) is 2.74 Å². The third kappa shape index (κ3) is 3.65. The van der Waals surface area contributed by atoms with Crippen LogP contribution in [-0.2, 0) is 0 Å². The van der Waals surface area contributed by atoms with Crippen molar-refractivity contribution in [1.29, 1.82) is 0 Å². The molecule has 0 fully saturated rings. The van der Waals surface area contributed by atoms with Crippen molar-refractivity contribution in [2.75, 3.05) is 0 Å². The summed E-state index contributed by atoms with van der Waals surface area (Å²) in [6, 6.07) is 50.5. The number of fused-ring (bicyclic) bond motifs is 4. The van der Waals surface area contributed by atoms with E-state index in [1.54, 1.807) is 0 Å². The number of ether oxygens (including phenoxy) is 1. The van der Waals surface area contributed by atoms with Crippen molar-refractivity contribution in [2.45, 2.75) is 0 Å². The molecule has 0 unspecified atom stereocenters. The molecule has 0 atom stereocenters. The predicted octanol–water partition coefficient (Wildman–Crippen LogP) is 11.9. The van der Waals surface area contributed by atoms with E-state index in [9.17, 15) is 2.74 Å². The van der Waals surface area contributed by atoms with Gasteiger partial charge in [0.25, 0.3) is 0 Å². The Morgan fingerprint density at radius 2 is 0.953 bits per heavy atom. The van der Waals surface area contributed by atoms with E-state index in [0.29, 0.717) is 12.1 Å². The molecule has 8 aromatic rings. The molecule has 1 heterocycles. The third-order valence-corrected chi connectivity index (χ3v) is 8.70. The van der Waals surface area contributed by atoms with Crippen molar-refractivity contribution in [3.63, 3.8) is 0 Å². The molecular weight excluding hydrogens is 520 g/mol. The van der Waals surface area contributed by atoms with E-state index in [4.69, 9.17) is 4.74 Å². The summed E-state index contributed by atoms with van der Waals surface area (Å²) in [6.45, 7) is 0. The summed E-state index contributed by atoms with van der Waals surface area (Å²) >= 11 is 0. The van der Waals surface area contributed by atoms with Crippen molar-refractivity contribution in [2.24, 2.45) is 0 Å². The van der Waals surface area contributed by atoms with Gasteiger partial charge in [-0.15, -0.1) is 0 Å². The van der Waals surface area contributed by atoms with E-state index < -0.39 is 0 Å². The molecule has 1 nitrogen and oxygen atoms in total. The van der Waals surface area contributed by atoms with Crippen LogP contribution in [0, 0.1) is 0 Å². The van der Waals surface area contributed by atoms with Gasteiger partial charge in [0.15, 0.2) is 0 Å². The molecule has 0 bridgehead atoms. The van der Waals surface area contributed by atoms with Crippen LogP contribution in [0.2, 0.25) is 0 Å². The molecule has 1 aliphatic heterocycles. The van der Waals surface area contributed by atoms with Crippen LogP contribution in [0.25, 0.3) is 76.8 Å². The van der Waals surface area contributed by atoms with Gasteiger partial charge in [-0.1, -0.05) is 139 Å². The first kappa shape index (κ1) is 22.0. The Labute approximate surface area is 253 Å². The van der Waals surface area contributed by atoms with Crippen molar-refractivity contribution >= 4 is 32.3 Å². The van der Waals surface area contributed by atoms with Gasteiger partial charge in [-0.2, -0.15) is 0 Å². The van der Waals surface area contributed by atoms with Crippen LogP contribution in [-0.4, -0.2) is 0 Å². The highest BCUT2D eigenvalue weighted by atomic mass is 16.5.